The van der Waals surface area contributed by atoms with Crippen LogP contribution in [-0.4, -0.2) is 11.9 Å². The highest BCUT2D eigenvalue weighted by atomic mass is 79.9. The standard InChI is InChI=1S/C23H24BrFO4/c1-6-13-11-15(28-18-10-7-14(24)12-17(18)25)8-9-16(13)19-22(2,3)20(26)29-21(27)23(19,4)5/h7-12,19H,6H2,1-5H3. The first-order valence-corrected chi connectivity index (χ1v) is 10.3. The normalized spacial score (nSPS) is 18.4. The fourth-order valence-electron chi connectivity index (χ4n) is 4.18. The van der Waals surface area contributed by atoms with Crippen LogP contribution in [0.1, 0.15) is 51.7 Å². The Labute approximate surface area is 178 Å². The van der Waals surface area contributed by atoms with Gasteiger partial charge in [-0.1, -0.05) is 28.9 Å². The second-order valence-corrected chi connectivity index (χ2v) is 9.36. The second-order valence-electron chi connectivity index (χ2n) is 8.44. The minimum atomic E-state index is -0.873. The first kappa shape index (κ1) is 21.5. The Balaban J connectivity index is 2.04. The van der Waals surface area contributed by atoms with E-state index in [4.69, 9.17) is 9.47 Å². The molecule has 0 N–H and O–H groups in total. The van der Waals surface area contributed by atoms with Crippen molar-refractivity contribution in [3.05, 3.63) is 57.8 Å². The number of halogens is 2. The Morgan fingerprint density at radius 2 is 1.66 bits per heavy atom. The zero-order chi connectivity index (χ0) is 21.6. The summed E-state index contributed by atoms with van der Waals surface area (Å²) in [7, 11) is 0. The molecular weight excluding hydrogens is 439 g/mol. The van der Waals surface area contributed by atoms with Crippen LogP contribution < -0.4 is 4.74 Å². The molecule has 0 aromatic heterocycles. The summed E-state index contributed by atoms with van der Waals surface area (Å²) in [6, 6.07) is 10.1. The van der Waals surface area contributed by atoms with Crippen molar-refractivity contribution in [3.8, 4) is 11.5 Å². The summed E-state index contributed by atoms with van der Waals surface area (Å²) in [4.78, 5) is 24.9. The van der Waals surface area contributed by atoms with E-state index in [0.29, 0.717) is 16.6 Å². The number of cyclic esters (lactones) is 2. The molecule has 2 aromatic rings. The summed E-state index contributed by atoms with van der Waals surface area (Å²) < 4.78 is 25.5. The Hall–Kier alpha value is -2.21. The van der Waals surface area contributed by atoms with Gasteiger partial charge in [-0.3, -0.25) is 9.59 Å². The molecule has 1 heterocycles. The molecule has 0 radical (unpaired) electrons. The van der Waals surface area contributed by atoms with Gasteiger partial charge in [-0.15, -0.1) is 0 Å². The summed E-state index contributed by atoms with van der Waals surface area (Å²) in [5.41, 5.74) is 0.0908. The molecule has 1 aliphatic rings. The van der Waals surface area contributed by atoms with E-state index in [9.17, 15) is 14.0 Å². The fourth-order valence-corrected chi connectivity index (χ4v) is 4.51. The summed E-state index contributed by atoms with van der Waals surface area (Å²) in [5.74, 6) is -1.26. The van der Waals surface area contributed by atoms with Gasteiger partial charge in [0.25, 0.3) is 0 Å². The van der Waals surface area contributed by atoms with Crippen molar-refractivity contribution < 1.29 is 23.5 Å². The number of hydrogen-bond acceptors (Lipinski definition) is 4. The fraction of sp³-hybridized carbons (Fsp3) is 0.391. The van der Waals surface area contributed by atoms with Gasteiger partial charge in [0.1, 0.15) is 5.75 Å². The summed E-state index contributed by atoms with van der Waals surface area (Å²) in [6.45, 7) is 9.20. The van der Waals surface area contributed by atoms with Crippen molar-refractivity contribution in [3.63, 3.8) is 0 Å². The van der Waals surface area contributed by atoms with Gasteiger partial charge in [0.05, 0.1) is 10.8 Å². The lowest BCUT2D eigenvalue weighted by Gasteiger charge is -2.46. The Kier molecular flexibility index (Phi) is 5.60. The molecule has 4 nitrogen and oxygen atoms in total. The number of aryl methyl sites for hydroxylation is 1. The number of carbonyl (C=O) groups is 2. The third-order valence-electron chi connectivity index (χ3n) is 5.61. The topological polar surface area (TPSA) is 52.6 Å². The average Bonchev–Trinajstić information content (AvgIpc) is 2.63. The van der Waals surface area contributed by atoms with Crippen molar-refractivity contribution in [2.45, 2.75) is 47.0 Å². The predicted octanol–water partition coefficient (Wildman–Crippen LogP) is 6.16. The Bertz CT molecular complexity index is 955. The van der Waals surface area contributed by atoms with Crippen LogP contribution in [0.5, 0.6) is 11.5 Å². The van der Waals surface area contributed by atoms with Crippen LogP contribution in [0.3, 0.4) is 0 Å². The van der Waals surface area contributed by atoms with E-state index in [1.807, 2.05) is 19.1 Å². The molecule has 6 heteroatoms. The highest BCUT2D eigenvalue weighted by molar-refractivity contribution is 9.10. The number of esters is 2. The van der Waals surface area contributed by atoms with Crippen LogP contribution in [0, 0.1) is 16.6 Å². The molecular formula is C23H24BrFO4. The van der Waals surface area contributed by atoms with Crippen LogP contribution in [-0.2, 0) is 20.7 Å². The Morgan fingerprint density at radius 1 is 1.03 bits per heavy atom. The van der Waals surface area contributed by atoms with Gasteiger partial charge >= 0.3 is 11.9 Å². The quantitative estimate of drug-likeness (QED) is 0.403. The maximum Gasteiger partial charge on any atom is 0.319 e. The lowest BCUT2D eigenvalue weighted by atomic mass is 9.59. The minimum absolute atomic E-state index is 0.125. The van der Waals surface area contributed by atoms with E-state index < -0.39 is 28.6 Å². The SMILES string of the molecule is CCc1cc(Oc2ccc(Br)cc2F)ccc1C1C(C)(C)C(=O)OC(=O)C1(C)C. The van der Waals surface area contributed by atoms with Gasteiger partial charge in [0.2, 0.25) is 0 Å². The van der Waals surface area contributed by atoms with Crippen molar-refractivity contribution in [1.82, 2.24) is 0 Å². The monoisotopic (exact) mass is 462 g/mol. The summed E-state index contributed by atoms with van der Waals surface area (Å²) in [5, 5.41) is 0. The Morgan fingerprint density at radius 3 is 2.21 bits per heavy atom. The van der Waals surface area contributed by atoms with Gasteiger partial charge < -0.3 is 9.47 Å². The van der Waals surface area contributed by atoms with Gasteiger partial charge in [0.15, 0.2) is 11.6 Å². The number of hydrogen-bond donors (Lipinski definition) is 0. The van der Waals surface area contributed by atoms with E-state index >= 15 is 0 Å². The van der Waals surface area contributed by atoms with Crippen molar-refractivity contribution >= 4 is 27.9 Å². The molecule has 0 saturated carbocycles. The number of carbonyl (C=O) groups excluding carboxylic acids is 2. The molecule has 0 atom stereocenters. The highest BCUT2D eigenvalue weighted by Gasteiger charge is 2.56. The first-order chi connectivity index (χ1) is 13.5. The molecule has 2 aromatic carbocycles. The van der Waals surface area contributed by atoms with Crippen molar-refractivity contribution in [2.75, 3.05) is 0 Å². The van der Waals surface area contributed by atoms with E-state index in [2.05, 4.69) is 15.9 Å². The number of rotatable bonds is 4. The third kappa shape index (κ3) is 3.82. The summed E-state index contributed by atoms with van der Waals surface area (Å²) >= 11 is 3.23. The third-order valence-corrected chi connectivity index (χ3v) is 6.10. The lowest BCUT2D eigenvalue weighted by Crippen LogP contribution is -2.51. The molecule has 1 aliphatic heterocycles. The molecule has 29 heavy (non-hydrogen) atoms. The van der Waals surface area contributed by atoms with Gasteiger partial charge in [-0.25, -0.2) is 4.39 Å². The van der Waals surface area contributed by atoms with Crippen LogP contribution in [0.15, 0.2) is 40.9 Å². The van der Waals surface area contributed by atoms with Crippen LogP contribution in [0.4, 0.5) is 4.39 Å². The zero-order valence-electron chi connectivity index (χ0n) is 17.1. The molecule has 154 valence electrons. The van der Waals surface area contributed by atoms with Gasteiger partial charge in [-0.2, -0.15) is 0 Å². The van der Waals surface area contributed by atoms with Crippen LogP contribution in [0.25, 0.3) is 0 Å². The van der Waals surface area contributed by atoms with Gasteiger partial charge in [-0.05, 0) is 75.6 Å². The van der Waals surface area contributed by atoms with Crippen molar-refractivity contribution in [2.24, 2.45) is 10.8 Å². The lowest BCUT2D eigenvalue weighted by molar-refractivity contribution is -0.185. The number of benzene rings is 2. The molecule has 1 saturated heterocycles. The van der Waals surface area contributed by atoms with Crippen LogP contribution in [0.2, 0.25) is 0 Å². The smallest absolute Gasteiger partial charge is 0.319 e. The molecule has 0 bridgehead atoms. The van der Waals surface area contributed by atoms with Crippen molar-refractivity contribution in [1.29, 1.82) is 0 Å². The molecule has 0 aliphatic carbocycles. The van der Waals surface area contributed by atoms with Gasteiger partial charge in [0, 0.05) is 10.4 Å². The highest BCUT2D eigenvalue weighted by Crippen LogP contribution is 2.53. The maximum atomic E-state index is 14.1. The summed E-state index contributed by atoms with van der Waals surface area (Å²) in [6.07, 6.45) is 0.668. The molecule has 0 amide bonds. The average molecular weight is 463 g/mol. The predicted molar refractivity (Wildman–Crippen MR) is 111 cm³/mol. The van der Waals surface area contributed by atoms with E-state index in [-0.39, 0.29) is 11.7 Å². The molecule has 0 spiro atoms. The zero-order valence-corrected chi connectivity index (χ0v) is 18.7. The number of ether oxygens (including phenoxy) is 2. The molecule has 3 rings (SSSR count). The maximum absolute atomic E-state index is 14.1. The second kappa shape index (κ2) is 7.56. The largest absolute Gasteiger partial charge is 0.454 e. The first-order valence-electron chi connectivity index (χ1n) is 9.51. The minimum Gasteiger partial charge on any atom is -0.454 e. The van der Waals surface area contributed by atoms with Crippen LogP contribution >= 0.6 is 15.9 Å². The molecule has 1 fully saturated rings. The van der Waals surface area contributed by atoms with E-state index in [1.165, 1.54) is 6.07 Å². The molecule has 0 unspecified atom stereocenters. The van der Waals surface area contributed by atoms with E-state index in [0.717, 1.165) is 11.1 Å². The van der Waals surface area contributed by atoms with E-state index in [1.54, 1.807) is 45.9 Å².